The molecule has 1 saturated heterocycles. The largest absolute Gasteiger partial charge is 0.356 e. The van der Waals surface area contributed by atoms with Crippen molar-refractivity contribution in [1.82, 2.24) is 15.6 Å². The summed E-state index contributed by atoms with van der Waals surface area (Å²) in [5.74, 6) is 1.99. The summed E-state index contributed by atoms with van der Waals surface area (Å²) in [6.07, 6.45) is 10.7. The van der Waals surface area contributed by atoms with Gasteiger partial charge < -0.3 is 10.6 Å². The van der Waals surface area contributed by atoms with Crippen molar-refractivity contribution in [3.8, 4) is 0 Å². The predicted octanol–water partition coefficient (Wildman–Crippen LogP) is 3.88. The molecule has 3 rings (SSSR count). The highest BCUT2D eigenvalue weighted by atomic mass is 32.1. The van der Waals surface area contributed by atoms with Crippen molar-refractivity contribution in [2.45, 2.75) is 70.6 Å². The monoisotopic (exact) mass is 363 g/mol. The minimum absolute atomic E-state index is 0.196. The maximum atomic E-state index is 12.2. The Bertz CT molecular complexity index is 533. The zero-order chi connectivity index (χ0) is 17.5. The fraction of sp³-hybridized carbons (Fsp3) is 0.800. The second-order valence-electron chi connectivity index (χ2n) is 7.89. The van der Waals surface area contributed by atoms with E-state index in [9.17, 15) is 4.79 Å². The fourth-order valence-electron chi connectivity index (χ4n) is 4.23. The highest BCUT2D eigenvalue weighted by molar-refractivity contribution is 7.09. The van der Waals surface area contributed by atoms with Crippen LogP contribution in [0.4, 0.5) is 0 Å². The van der Waals surface area contributed by atoms with E-state index in [0.29, 0.717) is 30.7 Å². The Balaban J connectivity index is 1.36. The third kappa shape index (κ3) is 5.78. The third-order valence-corrected chi connectivity index (χ3v) is 6.83. The van der Waals surface area contributed by atoms with E-state index in [1.165, 1.54) is 55.6 Å². The van der Waals surface area contributed by atoms with Gasteiger partial charge in [-0.3, -0.25) is 4.79 Å². The minimum atomic E-state index is 0.196. The molecule has 2 atom stereocenters. The van der Waals surface area contributed by atoms with E-state index < -0.39 is 0 Å². The van der Waals surface area contributed by atoms with Crippen molar-refractivity contribution in [1.29, 1.82) is 0 Å². The second-order valence-corrected chi connectivity index (χ2v) is 8.83. The minimum Gasteiger partial charge on any atom is -0.356 e. The maximum Gasteiger partial charge on any atom is 0.220 e. The van der Waals surface area contributed by atoms with Gasteiger partial charge in [-0.1, -0.05) is 26.2 Å². The molecule has 0 radical (unpaired) electrons. The van der Waals surface area contributed by atoms with E-state index in [-0.39, 0.29) is 5.91 Å². The van der Waals surface area contributed by atoms with Gasteiger partial charge in [0.25, 0.3) is 0 Å². The lowest BCUT2D eigenvalue weighted by Gasteiger charge is -2.28. The van der Waals surface area contributed by atoms with Crippen LogP contribution in [0.3, 0.4) is 0 Å². The number of thiazole rings is 1. The zero-order valence-electron chi connectivity index (χ0n) is 15.6. The molecule has 2 aliphatic rings. The molecule has 2 unspecified atom stereocenters. The molecule has 1 aliphatic heterocycles. The number of amides is 1. The number of aromatic nitrogens is 1. The summed E-state index contributed by atoms with van der Waals surface area (Å²) in [6, 6.07) is 0. The molecule has 0 spiro atoms. The molecule has 1 aliphatic carbocycles. The van der Waals surface area contributed by atoms with Gasteiger partial charge in [0.15, 0.2) is 0 Å². The number of hydrogen-bond donors (Lipinski definition) is 2. The quantitative estimate of drug-likeness (QED) is 0.773. The predicted molar refractivity (Wildman–Crippen MR) is 104 cm³/mol. The van der Waals surface area contributed by atoms with E-state index in [4.69, 9.17) is 4.98 Å². The van der Waals surface area contributed by atoms with Crippen LogP contribution in [0.5, 0.6) is 0 Å². The summed E-state index contributed by atoms with van der Waals surface area (Å²) < 4.78 is 0. The standard InChI is InChI=1S/C20H33N3OS/c1-15(17-8-5-10-21-13-17)12-19(24)22-11-9-20-23-18(14-25-20)16-6-3-2-4-7-16/h14-17,21H,2-13H2,1H3,(H,22,24). The highest BCUT2D eigenvalue weighted by Crippen LogP contribution is 2.33. The van der Waals surface area contributed by atoms with Crippen LogP contribution in [0.25, 0.3) is 0 Å². The van der Waals surface area contributed by atoms with E-state index in [1.807, 2.05) is 0 Å². The zero-order valence-corrected chi connectivity index (χ0v) is 16.4. The Hall–Kier alpha value is -0.940. The molecular weight excluding hydrogens is 330 g/mol. The van der Waals surface area contributed by atoms with Crippen LogP contribution in [0.1, 0.15) is 74.9 Å². The van der Waals surface area contributed by atoms with Gasteiger partial charge in [0.05, 0.1) is 10.7 Å². The molecule has 2 heterocycles. The van der Waals surface area contributed by atoms with Crippen LogP contribution in [0, 0.1) is 11.8 Å². The Labute approximate surface area is 156 Å². The Morgan fingerprint density at radius 1 is 1.32 bits per heavy atom. The van der Waals surface area contributed by atoms with E-state index in [2.05, 4.69) is 22.9 Å². The van der Waals surface area contributed by atoms with Crippen LogP contribution >= 0.6 is 11.3 Å². The number of hydrogen-bond acceptors (Lipinski definition) is 4. The molecule has 0 aromatic carbocycles. The average Bonchev–Trinajstić information content (AvgIpc) is 3.12. The number of nitrogens with zero attached hydrogens (tertiary/aromatic N) is 1. The first-order chi connectivity index (χ1) is 12.2. The van der Waals surface area contributed by atoms with Gasteiger partial charge >= 0.3 is 0 Å². The molecule has 1 aromatic heterocycles. The molecule has 1 saturated carbocycles. The molecular formula is C20H33N3OS. The normalized spacial score (nSPS) is 23.3. The van der Waals surface area contributed by atoms with Gasteiger partial charge in [-0.15, -0.1) is 11.3 Å². The smallest absolute Gasteiger partial charge is 0.220 e. The number of rotatable bonds is 7. The van der Waals surface area contributed by atoms with Crippen molar-refractivity contribution in [2.75, 3.05) is 19.6 Å². The molecule has 140 valence electrons. The second kappa shape index (κ2) is 9.67. The van der Waals surface area contributed by atoms with Crippen LogP contribution < -0.4 is 10.6 Å². The molecule has 1 amide bonds. The number of carbonyl (C=O) groups excluding carboxylic acids is 1. The van der Waals surface area contributed by atoms with Gasteiger partial charge in [0.1, 0.15) is 0 Å². The van der Waals surface area contributed by atoms with Gasteiger partial charge in [-0.25, -0.2) is 4.98 Å². The van der Waals surface area contributed by atoms with Crippen molar-refractivity contribution in [3.63, 3.8) is 0 Å². The summed E-state index contributed by atoms with van der Waals surface area (Å²) >= 11 is 1.76. The van der Waals surface area contributed by atoms with Gasteiger partial charge in [-0.2, -0.15) is 0 Å². The fourth-order valence-corrected chi connectivity index (χ4v) is 5.11. The van der Waals surface area contributed by atoms with E-state index >= 15 is 0 Å². The first kappa shape index (κ1) is 18.8. The third-order valence-electron chi connectivity index (χ3n) is 5.90. The summed E-state index contributed by atoms with van der Waals surface area (Å²) in [6.45, 7) is 5.13. The van der Waals surface area contributed by atoms with Crippen molar-refractivity contribution in [2.24, 2.45) is 11.8 Å². The summed E-state index contributed by atoms with van der Waals surface area (Å²) in [7, 11) is 0. The average molecular weight is 364 g/mol. The van der Waals surface area contributed by atoms with Gasteiger partial charge in [0.2, 0.25) is 5.91 Å². The maximum absolute atomic E-state index is 12.2. The molecule has 1 aromatic rings. The lowest BCUT2D eigenvalue weighted by molar-refractivity contribution is -0.122. The van der Waals surface area contributed by atoms with E-state index in [1.54, 1.807) is 11.3 Å². The number of piperidine rings is 1. The summed E-state index contributed by atoms with van der Waals surface area (Å²) in [5, 5.41) is 9.95. The Kier molecular flexibility index (Phi) is 7.29. The Morgan fingerprint density at radius 3 is 2.92 bits per heavy atom. The summed E-state index contributed by atoms with van der Waals surface area (Å²) in [5.41, 5.74) is 1.30. The number of carbonyl (C=O) groups is 1. The van der Waals surface area contributed by atoms with Crippen LogP contribution in [0.15, 0.2) is 5.38 Å². The lowest BCUT2D eigenvalue weighted by atomic mass is 9.85. The van der Waals surface area contributed by atoms with Crippen LogP contribution in [-0.4, -0.2) is 30.5 Å². The van der Waals surface area contributed by atoms with Crippen LogP contribution in [0.2, 0.25) is 0 Å². The molecule has 25 heavy (non-hydrogen) atoms. The van der Waals surface area contributed by atoms with Crippen LogP contribution in [-0.2, 0) is 11.2 Å². The molecule has 0 bridgehead atoms. The highest BCUT2D eigenvalue weighted by Gasteiger charge is 2.22. The molecule has 2 fully saturated rings. The summed E-state index contributed by atoms with van der Waals surface area (Å²) in [4.78, 5) is 17.0. The van der Waals surface area contributed by atoms with Gasteiger partial charge in [-0.05, 0) is 50.6 Å². The molecule has 4 nitrogen and oxygen atoms in total. The van der Waals surface area contributed by atoms with Crippen molar-refractivity contribution in [3.05, 3.63) is 16.1 Å². The lowest BCUT2D eigenvalue weighted by Crippen LogP contribution is -2.36. The topological polar surface area (TPSA) is 54.0 Å². The van der Waals surface area contributed by atoms with Gasteiger partial charge in [0, 0.05) is 30.7 Å². The molecule has 5 heteroatoms. The first-order valence-electron chi connectivity index (χ1n) is 10.1. The SMILES string of the molecule is CC(CC(=O)NCCc1nc(C2CCCCC2)cs1)C1CCCNC1. The van der Waals surface area contributed by atoms with Crippen molar-refractivity contribution < 1.29 is 4.79 Å². The Morgan fingerprint density at radius 2 is 2.16 bits per heavy atom. The van der Waals surface area contributed by atoms with E-state index in [0.717, 1.165) is 19.5 Å². The molecule has 2 N–H and O–H groups in total. The van der Waals surface area contributed by atoms with Crippen molar-refractivity contribution >= 4 is 17.2 Å². The number of nitrogens with one attached hydrogen (secondary N) is 2. The first-order valence-corrected chi connectivity index (χ1v) is 11.0.